The average Bonchev–Trinajstić information content (AvgIpc) is 1.37. The third-order valence-corrected chi connectivity index (χ3v) is 0.289. The molecule has 0 aromatic heterocycles. The third-order valence-electron chi connectivity index (χ3n) is 0.289. The van der Waals surface area contributed by atoms with Crippen LogP contribution < -0.4 is 0 Å². The number of hydrogen-bond donors (Lipinski definition) is 0. The van der Waals surface area contributed by atoms with E-state index in [0.29, 0.717) is 0 Å². The van der Waals surface area contributed by atoms with E-state index in [-0.39, 0.29) is 4.70 Å². The molecule has 0 radical (unpaired) electrons. The molecule has 0 spiro atoms. The van der Waals surface area contributed by atoms with Crippen molar-refractivity contribution in [2.45, 2.75) is 6.92 Å². The zero-order valence-electron chi connectivity index (χ0n) is 3.52. The Morgan fingerprint density at radius 3 is 2.00 bits per heavy atom. The molecule has 0 aliphatic heterocycles. The molecule has 0 aromatic carbocycles. The van der Waals surface area contributed by atoms with Gasteiger partial charge < -0.3 is 4.65 Å². The van der Waals surface area contributed by atoms with Crippen LogP contribution in [-0.4, -0.2) is 14.7 Å². The first-order valence-corrected chi connectivity index (χ1v) is 1.40. The molecule has 0 rings (SSSR count). The summed E-state index contributed by atoms with van der Waals surface area (Å²) in [5.41, 5.74) is 0. The second kappa shape index (κ2) is 9.04. The summed E-state index contributed by atoms with van der Waals surface area (Å²) in [4.78, 5) is 0. The van der Waals surface area contributed by atoms with Crippen molar-refractivity contribution in [2.24, 2.45) is 0 Å². The second-order valence-corrected chi connectivity index (χ2v) is 0.577. The largest absolute Gasteiger partial charge is 0.444 e. The number of hydrogen-bond acceptors (Lipinski definition) is 1. The first-order chi connectivity index (χ1) is 1.91. The van der Waals surface area contributed by atoms with Crippen molar-refractivity contribution in [2.75, 3.05) is 6.61 Å². The fourth-order valence-electron chi connectivity index (χ4n) is 0. The average molecular weight is 77.9 g/mol. The highest BCUT2D eigenvalue weighted by Gasteiger charge is 1.52. The molecular weight excluding hydrogens is 69.8 g/mol. The molecule has 1 nitrogen and oxygen atoms in total. The van der Waals surface area contributed by atoms with Crippen LogP contribution in [0.4, 0.5) is 4.70 Å². The molecule has 0 bridgehead atoms. The smallest absolute Gasteiger partial charge is 0.257 e. The molecule has 0 N–H and O–H groups in total. The topological polar surface area (TPSA) is 9.23 Å². The van der Waals surface area contributed by atoms with Gasteiger partial charge in [0.2, 0.25) is 0 Å². The van der Waals surface area contributed by atoms with E-state index in [0.717, 1.165) is 6.61 Å². The van der Waals surface area contributed by atoms with Crippen LogP contribution in [0.15, 0.2) is 0 Å². The van der Waals surface area contributed by atoms with Crippen LogP contribution in [-0.2, 0) is 4.65 Å². The minimum atomic E-state index is 0. The predicted molar refractivity (Wildman–Crippen MR) is 22.7 cm³/mol. The Hall–Kier alpha value is -0.0451. The van der Waals surface area contributed by atoms with Crippen LogP contribution in [0, 0.1) is 0 Å². The van der Waals surface area contributed by atoms with E-state index in [1.54, 1.807) is 8.05 Å². The quantitative estimate of drug-likeness (QED) is 0.392. The van der Waals surface area contributed by atoms with Gasteiger partial charge in [0.15, 0.2) is 0 Å². The first-order valence-electron chi connectivity index (χ1n) is 1.40. The van der Waals surface area contributed by atoms with Gasteiger partial charge in [-0.1, -0.05) is 0 Å². The molecule has 0 aliphatic carbocycles. The minimum absolute atomic E-state index is 0. The van der Waals surface area contributed by atoms with Crippen LogP contribution in [0.1, 0.15) is 6.92 Å². The molecule has 0 aromatic rings. The first kappa shape index (κ1) is 8.88. The van der Waals surface area contributed by atoms with Gasteiger partial charge in [0.05, 0.1) is 0 Å². The molecule has 0 atom stereocenters. The molecule has 0 saturated carbocycles. The van der Waals surface area contributed by atoms with Crippen molar-refractivity contribution < 1.29 is 9.36 Å². The van der Waals surface area contributed by atoms with Crippen LogP contribution in [0.5, 0.6) is 0 Å². The van der Waals surface area contributed by atoms with Crippen molar-refractivity contribution in [3.63, 3.8) is 0 Å². The Labute approximate surface area is 32.1 Å². The lowest BCUT2D eigenvalue weighted by atomic mass is 10.6. The van der Waals surface area contributed by atoms with Gasteiger partial charge in [-0.25, -0.2) is 0 Å². The highest BCUT2D eigenvalue weighted by Crippen LogP contribution is 1.50. The summed E-state index contributed by atoms with van der Waals surface area (Å²) in [5.74, 6) is 0. The minimum Gasteiger partial charge on any atom is -0.444 e. The molecule has 32 valence electrons. The van der Waals surface area contributed by atoms with Crippen LogP contribution in [0.3, 0.4) is 0 Å². The van der Waals surface area contributed by atoms with Gasteiger partial charge in [-0.15, -0.1) is 0 Å². The van der Waals surface area contributed by atoms with Gasteiger partial charge in [-0.05, 0) is 6.92 Å². The molecule has 0 fully saturated rings. The van der Waals surface area contributed by atoms with Gasteiger partial charge in [0.25, 0.3) is 8.05 Å². The van der Waals surface area contributed by atoms with E-state index in [1.807, 2.05) is 6.92 Å². The van der Waals surface area contributed by atoms with Crippen molar-refractivity contribution in [3.05, 3.63) is 0 Å². The molecule has 0 aliphatic rings. The molecule has 0 unspecified atom stereocenters. The summed E-state index contributed by atoms with van der Waals surface area (Å²) < 4.78 is 4.54. The Morgan fingerprint density at radius 1 is 1.80 bits per heavy atom. The Bertz CT molecular complexity index is 11.6. The maximum Gasteiger partial charge on any atom is 0.257 e. The monoisotopic (exact) mass is 78.1 g/mol. The van der Waals surface area contributed by atoms with Gasteiger partial charge in [0.1, 0.15) is 0 Å². The van der Waals surface area contributed by atoms with Crippen molar-refractivity contribution in [1.29, 1.82) is 0 Å². The van der Waals surface area contributed by atoms with Gasteiger partial charge in [0, 0.05) is 6.61 Å². The zero-order valence-corrected chi connectivity index (χ0v) is 3.52. The maximum atomic E-state index is 4.54. The van der Waals surface area contributed by atoms with E-state index < -0.39 is 0 Å². The summed E-state index contributed by atoms with van der Waals surface area (Å²) in [6.45, 7) is 2.78. The van der Waals surface area contributed by atoms with Gasteiger partial charge in [-0.3, -0.25) is 4.70 Å². The fourth-order valence-corrected chi connectivity index (χ4v) is 0. The third kappa shape index (κ3) is 16.6. The van der Waals surface area contributed by atoms with Crippen LogP contribution >= 0.6 is 0 Å². The van der Waals surface area contributed by atoms with E-state index >= 15 is 0 Å². The zero-order chi connectivity index (χ0) is 3.41. The summed E-state index contributed by atoms with van der Waals surface area (Å²) in [5, 5.41) is 0. The van der Waals surface area contributed by atoms with Gasteiger partial charge >= 0.3 is 0 Å². The second-order valence-electron chi connectivity index (χ2n) is 0.577. The standard InChI is InChI=1S/C2H7BO.FH/c1-2-4-3;/h2-3H2,1H3;1H. The molecule has 0 amide bonds. The van der Waals surface area contributed by atoms with Gasteiger partial charge in [-0.2, -0.15) is 0 Å². The van der Waals surface area contributed by atoms with Crippen molar-refractivity contribution in [3.8, 4) is 0 Å². The normalized spacial score (nSPS) is 5.80. The highest BCUT2D eigenvalue weighted by atomic mass is 19.0. The summed E-state index contributed by atoms with van der Waals surface area (Å²) in [6.07, 6.45) is 0. The molecule has 0 heterocycles. The van der Waals surface area contributed by atoms with Crippen molar-refractivity contribution >= 4 is 8.05 Å². The van der Waals surface area contributed by atoms with E-state index in [1.165, 1.54) is 0 Å². The maximum absolute atomic E-state index is 4.54. The fraction of sp³-hybridized carbons (Fsp3) is 1.00. The number of halogens is 1. The Morgan fingerprint density at radius 2 is 2.00 bits per heavy atom. The van der Waals surface area contributed by atoms with E-state index in [4.69, 9.17) is 0 Å². The highest BCUT2D eigenvalue weighted by molar-refractivity contribution is 5.97. The van der Waals surface area contributed by atoms with Crippen LogP contribution in [0.2, 0.25) is 0 Å². The molecular formula is C2H8BFO. The number of rotatable bonds is 1. The Kier molecular flexibility index (Phi) is 16.0. The van der Waals surface area contributed by atoms with Crippen LogP contribution in [0.25, 0.3) is 0 Å². The summed E-state index contributed by atoms with van der Waals surface area (Å²) >= 11 is 0. The molecule has 0 saturated heterocycles. The predicted octanol–water partition coefficient (Wildman–Crippen LogP) is -0.277. The van der Waals surface area contributed by atoms with Crippen molar-refractivity contribution in [1.82, 2.24) is 0 Å². The molecule has 3 heteroatoms. The molecule has 5 heavy (non-hydrogen) atoms. The summed E-state index contributed by atoms with van der Waals surface area (Å²) in [6, 6.07) is 0. The lowest BCUT2D eigenvalue weighted by Gasteiger charge is -1.76. The van der Waals surface area contributed by atoms with E-state index in [9.17, 15) is 0 Å². The lowest BCUT2D eigenvalue weighted by molar-refractivity contribution is 0.375. The summed E-state index contributed by atoms with van der Waals surface area (Å²) in [7, 11) is 1.68. The SMILES string of the molecule is BOCC.F. The Balaban J connectivity index is 0. The van der Waals surface area contributed by atoms with E-state index in [2.05, 4.69) is 4.65 Å². The lowest BCUT2D eigenvalue weighted by Crippen LogP contribution is -1.76.